The minimum Gasteiger partial charge on any atom is -0.339 e. The maximum Gasteiger partial charge on any atom is 0.255 e. The van der Waals surface area contributed by atoms with Crippen LogP contribution in [0.2, 0.25) is 0 Å². The number of carbonyl (C=O) groups excluding carboxylic acids is 2. The lowest BCUT2D eigenvalue weighted by Crippen LogP contribution is -2.35. The van der Waals surface area contributed by atoms with Crippen LogP contribution in [0.4, 0.5) is 5.69 Å². The third-order valence-electron chi connectivity index (χ3n) is 5.56. The van der Waals surface area contributed by atoms with E-state index in [1.807, 2.05) is 23.1 Å². The predicted molar refractivity (Wildman–Crippen MR) is 112 cm³/mol. The molecule has 5 nitrogen and oxygen atoms in total. The molecule has 0 bridgehead atoms. The third-order valence-corrected chi connectivity index (χ3v) is 5.76. The molecule has 2 fully saturated rings. The standard InChI is InChI=1S/C21H29N3O2S/c25-19(13-12-16-8-2-1-3-9-16)23-21(27)22-18-11-5-4-10-17(18)20(26)24-14-6-7-15-24/h4-5,10-11,16H,1-3,6-9,12-15H2,(H2,22,23,25,27). The molecule has 2 aliphatic rings. The Morgan fingerprint density at radius 2 is 1.74 bits per heavy atom. The number of carbonyl (C=O) groups is 2. The van der Waals surface area contributed by atoms with Crippen LogP contribution in [-0.4, -0.2) is 34.9 Å². The third kappa shape index (κ3) is 5.76. The van der Waals surface area contributed by atoms with Crippen molar-refractivity contribution in [3.63, 3.8) is 0 Å². The van der Waals surface area contributed by atoms with Crippen molar-refractivity contribution in [1.29, 1.82) is 0 Å². The van der Waals surface area contributed by atoms with E-state index in [1.54, 1.807) is 6.07 Å². The van der Waals surface area contributed by atoms with Crippen molar-refractivity contribution >= 4 is 34.8 Å². The monoisotopic (exact) mass is 387 g/mol. The molecule has 1 saturated carbocycles. The van der Waals surface area contributed by atoms with E-state index in [0.717, 1.165) is 32.4 Å². The van der Waals surface area contributed by atoms with Crippen molar-refractivity contribution in [3.05, 3.63) is 29.8 Å². The minimum absolute atomic E-state index is 0.0158. The van der Waals surface area contributed by atoms with Gasteiger partial charge in [-0.3, -0.25) is 9.59 Å². The van der Waals surface area contributed by atoms with Crippen LogP contribution < -0.4 is 10.6 Å². The number of hydrogen-bond donors (Lipinski definition) is 2. The van der Waals surface area contributed by atoms with Gasteiger partial charge in [-0.2, -0.15) is 0 Å². The predicted octanol–water partition coefficient (Wildman–Crippen LogP) is 4.10. The van der Waals surface area contributed by atoms with Crippen LogP contribution in [0.15, 0.2) is 24.3 Å². The summed E-state index contributed by atoms with van der Waals surface area (Å²) in [6.07, 6.45) is 9.91. The molecule has 146 valence electrons. The SMILES string of the molecule is O=C(CCC1CCCCC1)NC(=S)Nc1ccccc1C(=O)N1CCCC1. The van der Waals surface area contributed by atoms with E-state index >= 15 is 0 Å². The summed E-state index contributed by atoms with van der Waals surface area (Å²) < 4.78 is 0. The number of rotatable bonds is 5. The molecule has 27 heavy (non-hydrogen) atoms. The van der Waals surface area contributed by atoms with E-state index in [-0.39, 0.29) is 16.9 Å². The number of anilines is 1. The van der Waals surface area contributed by atoms with Crippen molar-refractivity contribution < 1.29 is 9.59 Å². The second-order valence-corrected chi connectivity index (χ2v) is 8.00. The van der Waals surface area contributed by atoms with Gasteiger partial charge in [0, 0.05) is 19.5 Å². The van der Waals surface area contributed by atoms with Crippen LogP contribution in [0.3, 0.4) is 0 Å². The summed E-state index contributed by atoms with van der Waals surface area (Å²) >= 11 is 5.30. The van der Waals surface area contributed by atoms with Crippen LogP contribution in [0, 0.1) is 5.92 Å². The van der Waals surface area contributed by atoms with Gasteiger partial charge < -0.3 is 15.5 Å². The van der Waals surface area contributed by atoms with Crippen LogP contribution in [0.5, 0.6) is 0 Å². The lowest BCUT2D eigenvalue weighted by molar-refractivity contribution is -0.120. The highest BCUT2D eigenvalue weighted by Gasteiger charge is 2.22. The smallest absolute Gasteiger partial charge is 0.255 e. The van der Waals surface area contributed by atoms with Gasteiger partial charge >= 0.3 is 0 Å². The normalized spacial score (nSPS) is 17.6. The Balaban J connectivity index is 1.51. The number of nitrogens with zero attached hydrogens (tertiary/aromatic N) is 1. The fourth-order valence-electron chi connectivity index (χ4n) is 4.02. The maximum absolute atomic E-state index is 12.7. The average Bonchev–Trinajstić information content (AvgIpc) is 3.22. The van der Waals surface area contributed by atoms with Gasteiger partial charge in [0.2, 0.25) is 5.91 Å². The topological polar surface area (TPSA) is 61.4 Å². The number of likely N-dealkylation sites (tertiary alicyclic amines) is 1. The second kappa shape index (κ2) is 9.83. The van der Waals surface area contributed by atoms with Gasteiger partial charge in [-0.25, -0.2) is 0 Å². The molecular formula is C21H29N3O2S. The molecular weight excluding hydrogens is 358 g/mol. The molecule has 2 amide bonds. The highest BCUT2D eigenvalue weighted by molar-refractivity contribution is 7.80. The first kappa shape index (κ1) is 19.8. The Morgan fingerprint density at radius 3 is 2.48 bits per heavy atom. The van der Waals surface area contributed by atoms with Crippen LogP contribution in [0.1, 0.15) is 68.1 Å². The first-order valence-electron chi connectivity index (χ1n) is 10.1. The Kier molecular flexibility index (Phi) is 7.21. The molecule has 0 unspecified atom stereocenters. The molecule has 1 aromatic carbocycles. The Labute approximate surface area is 166 Å². The summed E-state index contributed by atoms with van der Waals surface area (Å²) in [6, 6.07) is 7.33. The van der Waals surface area contributed by atoms with Crippen molar-refractivity contribution in [2.24, 2.45) is 5.92 Å². The van der Waals surface area contributed by atoms with Crippen LogP contribution in [-0.2, 0) is 4.79 Å². The summed E-state index contributed by atoms with van der Waals surface area (Å²) in [6.45, 7) is 1.60. The summed E-state index contributed by atoms with van der Waals surface area (Å²) in [4.78, 5) is 26.8. The zero-order valence-corrected chi connectivity index (χ0v) is 16.7. The zero-order chi connectivity index (χ0) is 19.1. The summed E-state index contributed by atoms with van der Waals surface area (Å²) in [5, 5.41) is 6.05. The van der Waals surface area contributed by atoms with Crippen LogP contribution >= 0.6 is 12.2 Å². The summed E-state index contributed by atoms with van der Waals surface area (Å²) in [5.74, 6) is 0.633. The highest BCUT2D eigenvalue weighted by Crippen LogP contribution is 2.27. The molecule has 1 aliphatic carbocycles. The lowest BCUT2D eigenvalue weighted by atomic mass is 9.86. The number of hydrogen-bond acceptors (Lipinski definition) is 3. The van der Waals surface area contributed by atoms with Gasteiger partial charge in [0.05, 0.1) is 11.3 Å². The highest BCUT2D eigenvalue weighted by atomic mass is 32.1. The van der Waals surface area contributed by atoms with Crippen molar-refractivity contribution in [1.82, 2.24) is 10.2 Å². The molecule has 1 aromatic rings. The first-order chi connectivity index (χ1) is 13.1. The molecule has 1 aliphatic heterocycles. The Bertz CT molecular complexity index is 680. The second-order valence-electron chi connectivity index (χ2n) is 7.59. The van der Waals surface area contributed by atoms with Gasteiger partial charge in [0.15, 0.2) is 5.11 Å². The van der Waals surface area contributed by atoms with E-state index in [2.05, 4.69) is 10.6 Å². The lowest BCUT2D eigenvalue weighted by Gasteiger charge is -2.21. The fraction of sp³-hybridized carbons (Fsp3) is 0.571. The molecule has 0 aromatic heterocycles. The number of para-hydroxylation sites is 1. The van der Waals surface area contributed by atoms with Crippen molar-refractivity contribution in [2.45, 2.75) is 57.8 Å². The minimum atomic E-state index is -0.0542. The van der Waals surface area contributed by atoms with E-state index < -0.39 is 0 Å². The quantitative estimate of drug-likeness (QED) is 0.747. The summed E-state index contributed by atoms with van der Waals surface area (Å²) in [5.41, 5.74) is 1.24. The van der Waals surface area contributed by atoms with Crippen molar-refractivity contribution in [2.75, 3.05) is 18.4 Å². The molecule has 0 spiro atoms. The van der Waals surface area contributed by atoms with E-state index in [9.17, 15) is 9.59 Å². The molecule has 3 rings (SSSR count). The van der Waals surface area contributed by atoms with Crippen LogP contribution in [0.25, 0.3) is 0 Å². The van der Waals surface area contributed by atoms with Gasteiger partial charge in [-0.15, -0.1) is 0 Å². The molecule has 1 saturated heterocycles. The average molecular weight is 388 g/mol. The maximum atomic E-state index is 12.7. The van der Waals surface area contributed by atoms with Gasteiger partial charge in [0.25, 0.3) is 5.91 Å². The van der Waals surface area contributed by atoms with Gasteiger partial charge in [0.1, 0.15) is 0 Å². The molecule has 2 N–H and O–H groups in total. The number of amides is 2. The van der Waals surface area contributed by atoms with Gasteiger partial charge in [-0.1, -0.05) is 44.2 Å². The van der Waals surface area contributed by atoms with E-state index in [1.165, 1.54) is 32.1 Å². The van der Waals surface area contributed by atoms with Gasteiger partial charge in [-0.05, 0) is 49.5 Å². The first-order valence-corrected chi connectivity index (χ1v) is 10.5. The molecule has 0 radical (unpaired) electrons. The van der Waals surface area contributed by atoms with E-state index in [0.29, 0.717) is 23.6 Å². The summed E-state index contributed by atoms with van der Waals surface area (Å²) in [7, 11) is 0. The zero-order valence-electron chi connectivity index (χ0n) is 15.8. The van der Waals surface area contributed by atoms with E-state index in [4.69, 9.17) is 12.2 Å². The Hall–Kier alpha value is -1.95. The number of benzene rings is 1. The Morgan fingerprint density at radius 1 is 1.04 bits per heavy atom. The molecule has 1 heterocycles. The molecule has 0 atom stereocenters. The fourth-order valence-corrected chi connectivity index (χ4v) is 4.25. The number of thiocarbonyl (C=S) groups is 1. The molecule has 6 heteroatoms. The number of nitrogens with one attached hydrogen (secondary N) is 2. The van der Waals surface area contributed by atoms with Crippen molar-refractivity contribution in [3.8, 4) is 0 Å². The largest absolute Gasteiger partial charge is 0.339 e.